The minimum Gasteiger partial charge on any atom is -0.399 e. The Labute approximate surface area is 166 Å². The quantitative estimate of drug-likeness (QED) is 0.545. The number of carbonyl (C=O) groups excluding carboxylic acids is 2. The molecule has 3 amide bonds. The smallest absolute Gasteiger partial charge is 0.319 e. The fraction of sp³-hybridized carbons (Fsp3) is 0.300. The first-order valence-corrected chi connectivity index (χ1v) is 8.70. The van der Waals surface area contributed by atoms with E-state index < -0.39 is 0 Å². The third kappa shape index (κ3) is 8.00. The lowest BCUT2D eigenvalue weighted by molar-refractivity contribution is -0.121. The molecule has 7 heteroatoms. The van der Waals surface area contributed by atoms with Gasteiger partial charge < -0.3 is 21.7 Å². The van der Waals surface area contributed by atoms with Crippen molar-refractivity contribution in [3.8, 4) is 0 Å². The Morgan fingerprint density at radius 2 is 1.70 bits per heavy atom. The van der Waals surface area contributed by atoms with Gasteiger partial charge in [0.2, 0.25) is 5.91 Å². The number of urea groups is 1. The van der Waals surface area contributed by atoms with Crippen molar-refractivity contribution in [2.24, 2.45) is 0 Å². The number of nitrogens with one attached hydrogen (secondary N) is 3. The molecular weight excluding hydrogens is 364 g/mol. The Morgan fingerprint density at radius 3 is 2.33 bits per heavy atom. The molecule has 0 fully saturated rings. The number of hydrogen-bond acceptors (Lipinski definition) is 3. The van der Waals surface area contributed by atoms with Crippen LogP contribution in [0.1, 0.15) is 31.4 Å². The lowest BCUT2D eigenvalue weighted by atomic mass is 10.1. The van der Waals surface area contributed by atoms with Gasteiger partial charge in [-0.1, -0.05) is 30.3 Å². The van der Waals surface area contributed by atoms with Crippen molar-refractivity contribution in [2.45, 2.75) is 39.3 Å². The third-order valence-electron chi connectivity index (χ3n) is 3.80. The van der Waals surface area contributed by atoms with E-state index in [2.05, 4.69) is 16.0 Å². The van der Waals surface area contributed by atoms with Gasteiger partial charge in [-0.2, -0.15) is 0 Å². The summed E-state index contributed by atoms with van der Waals surface area (Å²) in [5, 5.41) is 8.42. The monoisotopic (exact) mass is 390 g/mol. The van der Waals surface area contributed by atoms with Crippen LogP contribution in [-0.4, -0.2) is 18.0 Å². The maximum Gasteiger partial charge on any atom is 0.319 e. The first-order valence-electron chi connectivity index (χ1n) is 8.70. The van der Waals surface area contributed by atoms with Gasteiger partial charge in [-0.15, -0.1) is 12.4 Å². The Hall–Kier alpha value is -2.73. The second kappa shape index (κ2) is 11.1. The van der Waals surface area contributed by atoms with Crippen LogP contribution < -0.4 is 21.7 Å². The van der Waals surface area contributed by atoms with Crippen LogP contribution in [-0.2, 0) is 17.8 Å². The molecule has 0 heterocycles. The molecule has 0 radical (unpaired) electrons. The number of nitrogen functional groups attached to an aromatic ring is 1. The van der Waals surface area contributed by atoms with Gasteiger partial charge in [-0.3, -0.25) is 4.79 Å². The van der Waals surface area contributed by atoms with Crippen molar-refractivity contribution < 1.29 is 9.59 Å². The predicted octanol–water partition coefficient (Wildman–Crippen LogP) is 3.47. The number of nitrogens with two attached hydrogens (primary N) is 1. The Kier molecular flexibility index (Phi) is 9.16. The summed E-state index contributed by atoms with van der Waals surface area (Å²) in [6.07, 6.45) is 1.01. The molecule has 27 heavy (non-hydrogen) atoms. The van der Waals surface area contributed by atoms with E-state index >= 15 is 0 Å². The number of halogens is 1. The molecule has 146 valence electrons. The Balaban J connectivity index is 0.00000364. The van der Waals surface area contributed by atoms with E-state index in [9.17, 15) is 9.59 Å². The molecule has 0 spiro atoms. The van der Waals surface area contributed by atoms with Gasteiger partial charge in [-0.25, -0.2) is 4.79 Å². The third-order valence-corrected chi connectivity index (χ3v) is 3.80. The van der Waals surface area contributed by atoms with Crippen LogP contribution in [0.2, 0.25) is 0 Å². The molecule has 0 aliphatic heterocycles. The highest BCUT2D eigenvalue weighted by Crippen LogP contribution is 2.13. The number of anilines is 2. The summed E-state index contributed by atoms with van der Waals surface area (Å²) in [4.78, 5) is 23.6. The van der Waals surface area contributed by atoms with E-state index in [0.717, 1.165) is 11.1 Å². The number of amides is 3. The summed E-state index contributed by atoms with van der Waals surface area (Å²) in [7, 11) is 0. The van der Waals surface area contributed by atoms with Gasteiger partial charge >= 0.3 is 6.03 Å². The van der Waals surface area contributed by atoms with Gasteiger partial charge in [0.1, 0.15) is 0 Å². The lowest BCUT2D eigenvalue weighted by Crippen LogP contribution is -2.34. The molecule has 2 aromatic carbocycles. The molecule has 2 aromatic rings. The molecule has 0 bridgehead atoms. The van der Waals surface area contributed by atoms with Gasteiger partial charge in [-0.05, 0) is 49.6 Å². The van der Waals surface area contributed by atoms with Gasteiger partial charge in [0.05, 0.1) is 0 Å². The normalized spacial score (nSPS) is 10.0. The molecule has 0 aromatic heterocycles. The van der Waals surface area contributed by atoms with Crippen molar-refractivity contribution in [3.05, 3.63) is 59.7 Å². The Bertz CT molecular complexity index is 748. The second-order valence-electron chi connectivity index (χ2n) is 6.43. The summed E-state index contributed by atoms with van der Waals surface area (Å²) < 4.78 is 0. The van der Waals surface area contributed by atoms with Crippen LogP contribution in [0.4, 0.5) is 16.2 Å². The summed E-state index contributed by atoms with van der Waals surface area (Å²) in [6.45, 7) is 4.25. The molecule has 2 rings (SSSR count). The maximum atomic E-state index is 12.0. The number of benzene rings is 2. The number of carbonyl (C=O) groups is 2. The zero-order valence-electron chi connectivity index (χ0n) is 15.6. The van der Waals surface area contributed by atoms with Gasteiger partial charge in [0, 0.05) is 30.4 Å². The van der Waals surface area contributed by atoms with Crippen LogP contribution in [0.15, 0.2) is 48.5 Å². The van der Waals surface area contributed by atoms with Gasteiger partial charge in [0.25, 0.3) is 0 Å². The van der Waals surface area contributed by atoms with Crippen LogP contribution >= 0.6 is 12.4 Å². The molecule has 0 unspecified atom stereocenters. The molecular formula is C20H27ClN4O2. The van der Waals surface area contributed by atoms with E-state index in [-0.39, 0.29) is 30.4 Å². The van der Waals surface area contributed by atoms with Crippen molar-refractivity contribution in [1.82, 2.24) is 10.6 Å². The Morgan fingerprint density at radius 1 is 1.04 bits per heavy atom. The summed E-state index contributed by atoms with van der Waals surface area (Å²) in [5.74, 6) is -0.0215. The van der Waals surface area contributed by atoms with E-state index in [0.29, 0.717) is 30.8 Å². The topological polar surface area (TPSA) is 96.2 Å². The predicted molar refractivity (Wildman–Crippen MR) is 112 cm³/mol. The van der Waals surface area contributed by atoms with Crippen molar-refractivity contribution in [3.63, 3.8) is 0 Å². The van der Waals surface area contributed by atoms with E-state index in [1.54, 1.807) is 0 Å². The first kappa shape index (κ1) is 22.3. The van der Waals surface area contributed by atoms with E-state index in [1.165, 1.54) is 0 Å². The molecule has 0 aliphatic rings. The fourth-order valence-electron chi connectivity index (χ4n) is 2.43. The highest BCUT2D eigenvalue weighted by Gasteiger charge is 2.06. The summed E-state index contributed by atoms with van der Waals surface area (Å²) >= 11 is 0. The zero-order valence-corrected chi connectivity index (χ0v) is 16.4. The van der Waals surface area contributed by atoms with Crippen LogP contribution in [0.5, 0.6) is 0 Å². The van der Waals surface area contributed by atoms with Crippen molar-refractivity contribution in [2.75, 3.05) is 11.1 Å². The molecule has 0 atom stereocenters. The number of rotatable bonds is 7. The molecule has 0 saturated carbocycles. The van der Waals surface area contributed by atoms with E-state index in [4.69, 9.17) is 5.73 Å². The SMILES string of the molecule is CC(C)NC(=O)Nc1ccc(CNC(=O)CCc2ccccc2N)cc1.Cl. The zero-order chi connectivity index (χ0) is 18.9. The molecule has 6 nitrogen and oxygen atoms in total. The van der Waals surface area contributed by atoms with Crippen LogP contribution in [0.25, 0.3) is 0 Å². The molecule has 5 N–H and O–H groups in total. The number of para-hydroxylation sites is 1. The van der Waals surface area contributed by atoms with Crippen molar-refractivity contribution in [1.29, 1.82) is 0 Å². The average molecular weight is 391 g/mol. The van der Waals surface area contributed by atoms with E-state index in [1.807, 2.05) is 62.4 Å². The summed E-state index contributed by atoms with van der Waals surface area (Å²) in [5.41, 5.74) is 9.25. The number of hydrogen-bond donors (Lipinski definition) is 4. The highest BCUT2D eigenvalue weighted by atomic mass is 35.5. The van der Waals surface area contributed by atoms with Crippen LogP contribution in [0.3, 0.4) is 0 Å². The largest absolute Gasteiger partial charge is 0.399 e. The number of aryl methyl sites for hydroxylation is 1. The van der Waals surface area contributed by atoms with Gasteiger partial charge in [0.15, 0.2) is 0 Å². The standard InChI is InChI=1S/C20H26N4O2.ClH/c1-14(2)23-20(26)24-17-10-7-15(8-11-17)13-22-19(25)12-9-16-5-3-4-6-18(16)21;/h3-8,10-11,14H,9,12-13,21H2,1-2H3,(H,22,25)(H2,23,24,26);1H. The summed E-state index contributed by atoms with van der Waals surface area (Å²) in [6, 6.07) is 14.8. The minimum atomic E-state index is -0.235. The second-order valence-corrected chi connectivity index (χ2v) is 6.43. The maximum absolute atomic E-state index is 12.0. The fourth-order valence-corrected chi connectivity index (χ4v) is 2.43. The van der Waals surface area contributed by atoms with Crippen molar-refractivity contribution >= 4 is 35.7 Å². The first-order chi connectivity index (χ1) is 12.4. The minimum absolute atomic E-state index is 0. The average Bonchev–Trinajstić information content (AvgIpc) is 2.59. The molecule has 0 saturated heterocycles. The highest BCUT2D eigenvalue weighted by molar-refractivity contribution is 5.89. The molecule has 0 aliphatic carbocycles. The lowest BCUT2D eigenvalue weighted by Gasteiger charge is -2.11. The van der Waals surface area contributed by atoms with Crippen LogP contribution in [0, 0.1) is 0 Å².